The molecule has 0 saturated heterocycles. The van der Waals surface area contributed by atoms with Crippen LogP contribution in [0.2, 0.25) is 0 Å². The maximum absolute atomic E-state index is 11.7. The Morgan fingerprint density at radius 1 is 1.30 bits per heavy atom. The molecule has 2 heterocycles. The molecular formula is C15H14BrN5O6. The van der Waals surface area contributed by atoms with Crippen molar-refractivity contribution in [1.82, 2.24) is 19.7 Å². The van der Waals surface area contributed by atoms with Crippen LogP contribution >= 0.6 is 17.0 Å². The summed E-state index contributed by atoms with van der Waals surface area (Å²) in [6, 6.07) is 3.87. The monoisotopic (exact) mass is 439 g/mol. The van der Waals surface area contributed by atoms with E-state index in [4.69, 9.17) is 4.74 Å². The SMILES string of the molecule is Br.CCOC(=O)c1ccn(Cc2cc([N+](=O)[O-])cc3[nH]c(=O)c(=O)[nH]c23)n1. The summed E-state index contributed by atoms with van der Waals surface area (Å²) in [5.74, 6) is -0.590. The summed E-state index contributed by atoms with van der Waals surface area (Å²) < 4.78 is 6.22. The largest absolute Gasteiger partial charge is 0.461 e. The number of aromatic amines is 2. The molecule has 0 radical (unpaired) electrons. The number of H-pyrrole nitrogens is 2. The van der Waals surface area contributed by atoms with Gasteiger partial charge in [0.15, 0.2) is 5.69 Å². The summed E-state index contributed by atoms with van der Waals surface area (Å²) >= 11 is 0. The molecule has 3 aromatic rings. The van der Waals surface area contributed by atoms with Crippen LogP contribution in [0, 0.1) is 10.1 Å². The minimum absolute atomic E-state index is 0. The Labute approximate surface area is 160 Å². The maximum atomic E-state index is 11.7. The fourth-order valence-corrected chi connectivity index (χ4v) is 2.45. The smallest absolute Gasteiger partial charge is 0.358 e. The number of aromatic nitrogens is 4. The van der Waals surface area contributed by atoms with Gasteiger partial charge in [0, 0.05) is 23.9 Å². The number of benzene rings is 1. The Hall–Kier alpha value is -3.28. The summed E-state index contributed by atoms with van der Waals surface area (Å²) in [5.41, 5.74) is -1.24. The first kappa shape index (κ1) is 20.0. The number of hydrogen-bond acceptors (Lipinski definition) is 7. The van der Waals surface area contributed by atoms with E-state index in [1.165, 1.54) is 23.0 Å². The number of carbonyl (C=O) groups is 1. The second kappa shape index (κ2) is 7.95. The fourth-order valence-electron chi connectivity index (χ4n) is 2.45. The summed E-state index contributed by atoms with van der Waals surface area (Å²) in [4.78, 5) is 50.0. The molecule has 0 atom stereocenters. The molecule has 0 aliphatic heterocycles. The predicted octanol–water partition coefficient (Wildman–Crippen LogP) is 1.12. The zero-order chi connectivity index (χ0) is 18.8. The lowest BCUT2D eigenvalue weighted by Crippen LogP contribution is -2.29. The van der Waals surface area contributed by atoms with E-state index in [-0.39, 0.29) is 52.5 Å². The first-order chi connectivity index (χ1) is 12.4. The number of esters is 1. The number of nitro groups is 1. The van der Waals surface area contributed by atoms with Crippen molar-refractivity contribution in [2.75, 3.05) is 6.61 Å². The lowest BCUT2D eigenvalue weighted by Gasteiger charge is -2.07. The Kier molecular flexibility index (Phi) is 5.90. The molecule has 27 heavy (non-hydrogen) atoms. The number of carbonyl (C=O) groups excluding carboxylic acids is 1. The second-order valence-corrected chi connectivity index (χ2v) is 5.31. The van der Waals surface area contributed by atoms with Crippen LogP contribution in [-0.4, -0.2) is 37.2 Å². The molecule has 1 aromatic carbocycles. The van der Waals surface area contributed by atoms with Crippen molar-refractivity contribution in [3.8, 4) is 0 Å². The standard InChI is InChI=1S/C15H13N5O6.BrH/c1-2-26-15(23)10-3-4-19(18-10)7-8-5-9(20(24)25)6-11-12(8)17-14(22)13(21)16-11;/h3-6H,2,7H2,1H3,(H,16,21)(H,17,22);1H. The molecular weight excluding hydrogens is 426 g/mol. The number of ether oxygens (including phenoxy) is 1. The number of nitrogens with one attached hydrogen (secondary N) is 2. The molecule has 3 rings (SSSR count). The molecule has 0 spiro atoms. The van der Waals surface area contributed by atoms with E-state index in [2.05, 4.69) is 15.1 Å². The van der Waals surface area contributed by atoms with E-state index >= 15 is 0 Å². The number of nitro benzene ring substituents is 1. The third-order valence-corrected chi connectivity index (χ3v) is 3.57. The quantitative estimate of drug-likeness (QED) is 0.261. The fraction of sp³-hybridized carbons (Fsp3) is 0.200. The van der Waals surface area contributed by atoms with Gasteiger partial charge in [0.1, 0.15) is 0 Å². The zero-order valence-corrected chi connectivity index (χ0v) is 15.6. The Bertz CT molecular complexity index is 1130. The highest BCUT2D eigenvalue weighted by Gasteiger charge is 2.16. The Balaban J connectivity index is 0.00000261. The Morgan fingerprint density at radius 3 is 2.67 bits per heavy atom. The van der Waals surface area contributed by atoms with Gasteiger partial charge in [0.05, 0.1) is 29.1 Å². The average molecular weight is 440 g/mol. The van der Waals surface area contributed by atoms with Crippen molar-refractivity contribution in [1.29, 1.82) is 0 Å². The highest BCUT2D eigenvalue weighted by Crippen LogP contribution is 2.22. The molecule has 12 heteroatoms. The molecule has 11 nitrogen and oxygen atoms in total. The molecule has 2 aromatic heterocycles. The summed E-state index contributed by atoms with van der Waals surface area (Å²) in [7, 11) is 0. The van der Waals surface area contributed by atoms with Gasteiger partial charge in [-0.2, -0.15) is 5.10 Å². The van der Waals surface area contributed by atoms with E-state index in [0.717, 1.165) is 6.07 Å². The van der Waals surface area contributed by atoms with Crippen LogP contribution in [0.4, 0.5) is 5.69 Å². The highest BCUT2D eigenvalue weighted by molar-refractivity contribution is 8.93. The number of rotatable bonds is 5. The van der Waals surface area contributed by atoms with Crippen LogP contribution in [0.15, 0.2) is 34.0 Å². The molecule has 0 unspecified atom stereocenters. The minimum Gasteiger partial charge on any atom is -0.461 e. The molecule has 0 aliphatic carbocycles. The van der Waals surface area contributed by atoms with Crippen molar-refractivity contribution in [2.24, 2.45) is 0 Å². The van der Waals surface area contributed by atoms with Gasteiger partial charge in [-0.05, 0) is 13.0 Å². The van der Waals surface area contributed by atoms with Gasteiger partial charge >= 0.3 is 17.1 Å². The zero-order valence-electron chi connectivity index (χ0n) is 13.9. The highest BCUT2D eigenvalue weighted by atomic mass is 79.9. The number of hydrogen-bond donors (Lipinski definition) is 2. The van der Waals surface area contributed by atoms with E-state index in [0.29, 0.717) is 5.56 Å². The van der Waals surface area contributed by atoms with Gasteiger partial charge in [-0.3, -0.25) is 24.4 Å². The molecule has 0 saturated carbocycles. The van der Waals surface area contributed by atoms with Gasteiger partial charge < -0.3 is 14.7 Å². The molecule has 0 aliphatic rings. The van der Waals surface area contributed by atoms with Crippen LogP contribution in [0.1, 0.15) is 23.0 Å². The third kappa shape index (κ3) is 4.11. The van der Waals surface area contributed by atoms with Gasteiger partial charge in [-0.1, -0.05) is 0 Å². The summed E-state index contributed by atoms with van der Waals surface area (Å²) in [5, 5.41) is 15.2. The maximum Gasteiger partial charge on any atom is 0.358 e. The number of fused-ring (bicyclic) bond motifs is 1. The Morgan fingerprint density at radius 2 is 2.00 bits per heavy atom. The van der Waals surface area contributed by atoms with Crippen molar-refractivity contribution >= 4 is 39.7 Å². The van der Waals surface area contributed by atoms with Crippen molar-refractivity contribution in [3.63, 3.8) is 0 Å². The normalized spacial score (nSPS) is 10.4. The first-order valence-electron chi connectivity index (χ1n) is 7.53. The third-order valence-electron chi connectivity index (χ3n) is 3.57. The number of halogens is 1. The summed E-state index contributed by atoms with van der Waals surface area (Å²) in [6.07, 6.45) is 1.50. The predicted molar refractivity (Wildman–Crippen MR) is 99.5 cm³/mol. The van der Waals surface area contributed by atoms with E-state index in [9.17, 15) is 24.5 Å². The molecule has 142 valence electrons. The van der Waals surface area contributed by atoms with Crippen LogP contribution in [-0.2, 0) is 11.3 Å². The topological polar surface area (TPSA) is 153 Å². The molecule has 2 N–H and O–H groups in total. The second-order valence-electron chi connectivity index (χ2n) is 5.31. The first-order valence-corrected chi connectivity index (χ1v) is 7.53. The lowest BCUT2D eigenvalue weighted by molar-refractivity contribution is -0.384. The summed E-state index contributed by atoms with van der Waals surface area (Å²) in [6.45, 7) is 1.90. The van der Waals surface area contributed by atoms with Crippen molar-refractivity contribution in [2.45, 2.75) is 13.5 Å². The average Bonchev–Trinajstić information content (AvgIpc) is 3.05. The van der Waals surface area contributed by atoms with Gasteiger partial charge in [0.2, 0.25) is 0 Å². The van der Waals surface area contributed by atoms with Crippen LogP contribution in [0.25, 0.3) is 11.0 Å². The van der Waals surface area contributed by atoms with Crippen molar-refractivity contribution < 1.29 is 14.5 Å². The molecule has 0 fully saturated rings. The number of nitrogens with zero attached hydrogens (tertiary/aromatic N) is 3. The molecule has 0 amide bonds. The van der Waals surface area contributed by atoms with E-state index < -0.39 is 22.0 Å². The lowest BCUT2D eigenvalue weighted by atomic mass is 10.1. The van der Waals surface area contributed by atoms with E-state index in [1.807, 2.05) is 0 Å². The van der Waals surface area contributed by atoms with Crippen molar-refractivity contribution in [3.05, 3.63) is 66.5 Å². The number of non-ortho nitro benzene ring substituents is 1. The molecule has 0 bridgehead atoms. The minimum atomic E-state index is -0.910. The van der Waals surface area contributed by atoms with Gasteiger partial charge in [-0.15, -0.1) is 17.0 Å². The van der Waals surface area contributed by atoms with Crippen LogP contribution in [0.5, 0.6) is 0 Å². The van der Waals surface area contributed by atoms with Gasteiger partial charge in [0.25, 0.3) is 5.69 Å². The van der Waals surface area contributed by atoms with Crippen LogP contribution in [0.3, 0.4) is 0 Å². The van der Waals surface area contributed by atoms with Gasteiger partial charge in [-0.25, -0.2) is 4.79 Å². The van der Waals surface area contributed by atoms with Crippen LogP contribution < -0.4 is 11.1 Å². The van der Waals surface area contributed by atoms with E-state index in [1.54, 1.807) is 6.92 Å².